The Morgan fingerprint density at radius 2 is 1.85 bits per heavy atom. The molecular weight excluding hydrogens is 389 g/mol. The Labute approximate surface area is 134 Å². The second kappa shape index (κ2) is 6.29. The fraction of sp³-hybridized carbons (Fsp3) is 0.571. The van der Waals surface area contributed by atoms with Crippen LogP contribution in [0.4, 0.5) is 0 Å². The Kier molecular flexibility index (Phi) is 5.09. The molecule has 112 valence electrons. The van der Waals surface area contributed by atoms with Gasteiger partial charge in [-0.25, -0.2) is 13.1 Å². The number of hydrogen-bond acceptors (Lipinski definition) is 3. The molecule has 4 nitrogen and oxygen atoms in total. The lowest BCUT2D eigenvalue weighted by molar-refractivity contribution is 0.125. The van der Waals surface area contributed by atoms with E-state index in [2.05, 4.69) is 34.2 Å². The summed E-state index contributed by atoms with van der Waals surface area (Å²) in [7, 11) is -3.58. The van der Waals surface area contributed by atoms with Crippen LogP contribution >= 0.6 is 22.6 Å². The van der Waals surface area contributed by atoms with E-state index in [1.165, 1.54) is 0 Å². The van der Waals surface area contributed by atoms with Gasteiger partial charge in [0.25, 0.3) is 0 Å². The summed E-state index contributed by atoms with van der Waals surface area (Å²) in [5.41, 5.74) is -0.700. The van der Waals surface area contributed by atoms with Gasteiger partial charge in [-0.1, -0.05) is 6.92 Å². The van der Waals surface area contributed by atoms with Crippen molar-refractivity contribution in [1.29, 1.82) is 0 Å². The average molecular weight is 409 g/mol. The van der Waals surface area contributed by atoms with Gasteiger partial charge in [0, 0.05) is 3.57 Å². The summed E-state index contributed by atoms with van der Waals surface area (Å²) in [6.07, 6.45) is 3.26. The van der Waals surface area contributed by atoms with Crippen LogP contribution in [0, 0.1) is 9.49 Å². The predicted molar refractivity (Wildman–Crippen MR) is 86.9 cm³/mol. The van der Waals surface area contributed by atoms with Crippen molar-refractivity contribution in [1.82, 2.24) is 4.72 Å². The Hall–Kier alpha value is -0.180. The highest BCUT2D eigenvalue weighted by Gasteiger charge is 2.37. The normalized spacial score (nSPS) is 27.4. The Morgan fingerprint density at radius 1 is 1.30 bits per heavy atom. The first-order chi connectivity index (χ1) is 9.37. The van der Waals surface area contributed by atoms with E-state index in [4.69, 9.17) is 0 Å². The van der Waals surface area contributed by atoms with Crippen molar-refractivity contribution in [2.45, 2.75) is 43.0 Å². The molecule has 0 saturated heterocycles. The van der Waals surface area contributed by atoms with Gasteiger partial charge in [-0.15, -0.1) is 0 Å². The Balaban J connectivity index is 2.20. The molecule has 1 fully saturated rings. The highest BCUT2D eigenvalue weighted by molar-refractivity contribution is 14.1. The molecule has 1 aromatic carbocycles. The maximum atomic E-state index is 12.4. The minimum Gasteiger partial charge on any atom is -0.394 e. The maximum absolute atomic E-state index is 12.4. The van der Waals surface area contributed by atoms with Gasteiger partial charge in [0.2, 0.25) is 10.0 Å². The molecule has 0 unspecified atom stereocenters. The van der Waals surface area contributed by atoms with Gasteiger partial charge in [0.05, 0.1) is 17.0 Å². The first kappa shape index (κ1) is 16.2. The maximum Gasteiger partial charge on any atom is 0.241 e. The molecule has 1 saturated carbocycles. The zero-order valence-electron chi connectivity index (χ0n) is 11.5. The van der Waals surface area contributed by atoms with Crippen molar-refractivity contribution in [3.63, 3.8) is 0 Å². The summed E-state index contributed by atoms with van der Waals surface area (Å²) in [6, 6.07) is 6.73. The highest BCUT2D eigenvalue weighted by Crippen LogP contribution is 2.32. The number of hydrogen-bond donors (Lipinski definition) is 2. The van der Waals surface area contributed by atoms with Crippen molar-refractivity contribution in [3.8, 4) is 0 Å². The van der Waals surface area contributed by atoms with Crippen LogP contribution in [0.15, 0.2) is 29.2 Å². The number of sulfonamides is 1. The molecule has 0 aromatic heterocycles. The number of aliphatic hydroxyl groups excluding tert-OH is 1. The molecule has 6 heteroatoms. The average Bonchev–Trinajstić information content (AvgIpc) is 2.42. The van der Waals surface area contributed by atoms with Crippen LogP contribution in [0.3, 0.4) is 0 Å². The van der Waals surface area contributed by atoms with E-state index in [-0.39, 0.29) is 11.5 Å². The van der Waals surface area contributed by atoms with E-state index in [0.29, 0.717) is 18.8 Å². The smallest absolute Gasteiger partial charge is 0.241 e. The second-order valence-electron chi connectivity index (χ2n) is 5.68. The van der Waals surface area contributed by atoms with E-state index in [0.717, 1.165) is 16.4 Å². The van der Waals surface area contributed by atoms with E-state index < -0.39 is 15.6 Å². The number of halogens is 1. The van der Waals surface area contributed by atoms with Gasteiger partial charge < -0.3 is 5.11 Å². The monoisotopic (exact) mass is 409 g/mol. The van der Waals surface area contributed by atoms with Crippen molar-refractivity contribution < 1.29 is 13.5 Å². The first-order valence-corrected chi connectivity index (χ1v) is 9.33. The molecule has 0 amide bonds. The molecule has 2 N–H and O–H groups in total. The number of rotatable bonds is 4. The van der Waals surface area contributed by atoms with Crippen LogP contribution in [-0.2, 0) is 10.0 Å². The zero-order chi connectivity index (χ0) is 14.8. The van der Waals surface area contributed by atoms with Crippen LogP contribution in [-0.4, -0.2) is 25.7 Å². The molecule has 0 heterocycles. The van der Waals surface area contributed by atoms with Gasteiger partial charge in [0.15, 0.2) is 0 Å². The standard InChI is InChI=1S/C14H20INO3S/c1-11-6-8-14(10-17,9-7-11)16-20(18,19)13-4-2-12(15)3-5-13/h2-5,11,16-17H,6-10H2,1H3. The summed E-state index contributed by atoms with van der Waals surface area (Å²) in [6.45, 7) is 2.01. The third-order valence-electron chi connectivity index (χ3n) is 4.01. The minimum absolute atomic E-state index is 0.149. The SMILES string of the molecule is CC1CCC(CO)(NS(=O)(=O)c2ccc(I)cc2)CC1. The largest absolute Gasteiger partial charge is 0.394 e. The third-order valence-corrected chi connectivity index (χ3v) is 6.32. The molecule has 0 bridgehead atoms. The van der Waals surface area contributed by atoms with E-state index in [9.17, 15) is 13.5 Å². The van der Waals surface area contributed by atoms with Crippen molar-refractivity contribution in [2.75, 3.05) is 6.61 Å². The minimum atomic E-state index is -3.58. The fourth-order valence-electron chi connectivity index (χ4n) is 2.56. The summed E-state index contributed by atoms with van der Waals surface area (Å²) in [4.78, 5) is 0.254. The molecule has 2 rings (SSSR count). The molecule has 1 aliphatic carbocycles. The Morgan fingerprint density at radius 3 is 2.35 bits per heavy atom. The molecule has 0 aliphatic heterocycles. The van der Waals surface area contributed by atoms with Crippen molar-refractivity contribution >= 4 is 32.6 Å². The lowest BCUT2D eigenvalue weighted by Crippen LogP contribution is -2.53. The fourth-order valence-corrected chi connectivity index (χ4v) is 4.38. The lowest BCUT2D eigenvalue weighted by Gasteiger charge is -2.38. The van der Waals surface area contributed by atoms with Gasteiger partial charge in [-0.05, 0) is 78.5 Å². The number of aliphatic hydroxyl groups is 1. The Bertz CT molecular complexity index is 548. The number of benzene rings is 1. The van der Waals surface area contributed by atoms with E-state index in [1.54, 1.807) is 24.3 Å². The van der Waals surface area contributed by atoms with Gasteiger partial charge >= 0.3 is 0 Å². The van der Waals surface area contributed by atoms with Crippen LogP contribution in [0.25, 0.3) is 0 Å². The van der Waals surface area contributed by atoms with Crippen molar-refractivity contribution in [3.05, 3.63) is 27.8 Å². The van der Waals surface area contributed by atoms with Crippen LogP contribution in [0.2, 0.25) is 0 Å². The summed E-state index contributed by atoms with van der Waals surface area (Å²) in [5, 5.41) is 9.65. The molecular formula is C14H20INO3S. The molecule has 0 radical (unpaired) electrons. The summed E-state index contributed by atoms with van der Waals surface area (Å²) < 4.78 is 28.6. The van der Waals surface area contributed by atoms with Crippen LogP contribution < -0.4 is 4.72 Å². The van der Waals surface area contributed by atoms with Gasteiger partial charge in [0.1, 0.15) is 0 Å². The number of nitrogens with one attached hydrogen (secondary N) is 1. The first-order valence-electron chi connectivity index (χ1n) is 6.77. The van der Waals surface area contributed by atoms with Crippen LogP contribution in [0.1, 0.15) is 32.6 Å². The highest BCUT2D eigenvalue weighted by atomic mass is 127. The molecule has 1 aliphatic rings. The van der Waals surface area contributed by atoms with Crippen molar-refractivity contribution in [2.24, 2.45) is 5.92 Å². The van der Waals surface area contributed by atoms with E-state index >= 15 is 0 Å². The van der Waals surface area contributed by atoms with E-state index in [1.807, 2.05) is 0 Å². The molecule has 1 aromatic rings. The molecule has 20 heavy (non-hydrogen) atoms. The van der Waals surface area contributed by atoms with Crippen LogP contribution in [0.5, 0.6) is 0 Å². The summed E-state index contributed by atoms with van der Waals surface area (Å²) >= 11 is 2.14. The van der Waals surface area contributed by atoms with Gasteiger partial charge in [-0.2, -0.15) is 0 Å². The quantitative estimate of drug-likeness (QED) is 0.752. The molecule has 0 atom stereocenters. The molecule has 0 spiro atoms. The zero-order valence-corrected chi connectivity index (χ0v) is 14.4. The third kappa shape index (κ3) is 3.72. The van der Waals surface area contributed by atoms with Gasteiger partial charge in [-0.3, -0.25) is 0 Å². The second-order valence-corrected chi connectivity index (χ2v) is 8.61. The summed E-state index contributed by atoms with van der Waals surface area (Å²) in [5.74, 6) is 0.595. The predicted octanol–water partition coefficient (Wildman–Crippen LogP) is 2.51. The topological polar surface area (TPSA) is 66.4 Å². The lowest BCUT2D eigenvalue weighted by atomic mass is 9.78.